The monoisotopic (exact) mass is 415 g/mol. The van der Waals surface area contributed by atoms with Gasteiger partial charge in [0.1, 0.15) is 6.04 Å². The topological polar surface area (TPSA) is 82.3 Å². The Kier molecular flexibility index (Phi) is 6.20. The van der Waals surface area contributed by atoms with Gasteiger partial charge in [-0.3, -0.25) is 14.2 Å². The van der Waals surface area contributed by atoms with Crippen LogP contribution in [0.5, 0.6) is 0 Å². The number of nitrogens with zero attached hydrogens (tertiary/aromatic N) is 2. The van der Waals surface area contributed by atoms with Crippen LogP contribution >= 0.6 is 11.6 Å². The van der Waals surface area contributed by atoms with Gasteiger partial charge in [0, 0.05) is 18.7 Å². The molecule has 1 amide bonds. The first kappa shape index (κ1) is 20.8. The van der Waals surface area contributed by atoms with Crippen LogP contribution < -0.4 is 16.6 Å². The molecule has 0 fully saturated rings. The van der Waals surface area contributed by atoms with Crippen molar-refractivity contribution in [3.63, 3.8) is 0 Å². The Labute approximate surface area is 172 Å². The standard InChI is InChI=1S/C21H22ClN3O4/c1-13-8-9-15(12-17(13)22)25-20(27)16-6-4-5-7-18(16)24(21(25)28)14(2)19(26)23-10-11-29-3/h4-9,12,14H,10-11H2,1-3H3,(H,23,26)/t14-/m1/s1. The van der Waals surface area contributed by atoms with Crippen molar-refractivity contribution in [2.24, 2.45) is 0 Å². The minimum Gasteiger partial charge on any atom is -0.383 e. The number of hydrogen-bond acceptors (Lipinski definition) is 4. The number of para-hydroxylation sites is 1. The highest BCUT2D eigenvalue weighted by molar-refractivity contribution is 6.31. The number of methoxy groups -OCH3 is 1. The van der Waals surface area contributed by atoms with Gasteiger partial charge in [-0.15, -0.1) is 0 Å². The first-order chi connectivity index (χ1) is 13.9. The first-order valence-electron chi connectivity index (χ1n) is 9.16. The Morgan fingerprint density at radius 3 is 2.62 bits per heavy atom. The van der Waals surface area contributed by atoms with E-state index in [1.165, 1.54) is 11.7 Å². The van der Waals surface area contributed by atoms with E-state index in [9.17, 15) is 14.4 Å². The molecule has 0 bridgehead atoms. The van der Waals surface area contributed by atoms with Gasteiger partial charge in [0.2, 0.25) is 5.91 Å². The lowest BCUT2D eigenvalue weighted by Gasteiger charge is -2.19. The van der Waals surface area contributed by atoms with Crippen molar-refractivity contribution in [2.45, 2.75) is 19.9 Å². The highest BCUT2D eigenvalue weighted by Gasteiger charge is 2.22. The molecule has 0 spiro atoms. The summed E-state index contributed by atoms with van der Waals surface area (Å²) in [7, 11) is 1.54. The van der Waals surface area contributed by atoms with Crippen LogP contribution in [0, 0.1) is 6.92 Å². The Morgan fingerprint density at radius 2 is 1.93 bits per heavy atom. The summed E-state index contributed by atoms with van der Waals surface area (Å²) in [6.45, 7) is 4.13. The van der Waals surface area contributed by atoms with Gasteiger partial charge >= 0.3 is 5.69 Å². The van der Waals surface area contributed by atoms with Crippen molar-refractivity contribution in [1.29, 1.82) is 0 Å². The molecular weight excluding hydrogens is 394 g/mol. The van der Waals surface area contributed by atoms with E-state index in [1.54, 1.807) is 49.4 Å². The van der Waals surface area contributed by atoms with Crippen molar-refractivity contribution in [3.05, 3.63) is 73.9 Å². The van der Waals surface area contributed by atoms with Crippen molar-refractivity contribution >= 4 is 28.4 Å². The van der Waals surface area contributed by atoms with Crippen LogP contribution in [0.4, 0.5) is 0 Å². The van der Waals surface area contributed by atoms with Crippen molar-refractivity contribution in [2.75, 3.05) is 20.3 Å². The number of hydrogen-bond donors (Lipinski definition) is 1. The molecule has 0 aliphatic heterocycles. The first-order valence-corrected chi connectivity index (χ1v) is 9.54. The third kappa shape index (κ3) is 3.97. The second-order valence-electron chi connectivity index (χ2n) is 6.70. The number of halogens is 1. The molecule has 1 atom stereocenters. The lowest BCUT2D eigenvalue weighted by Crippen LogP contribution is -2.44. The van der Waals surface area contributed by atoms with Gasteiger partial charge in [-0.1, -0.05) is 29.8 Å². The number of ether oxygens (including phenoxy) is 1. The molecule has 0 radical (unpaired) electrons. The molecule has 3 aromatic rings. The predicted octanol–water partition coefficient (Wildman–Crippen LogP) is 2.44. The fraction of sp³-hybridized carbons (Fsp3) is 0.286. The van der Waals surface area contributed by atoms with E-state index >= 15 is 0 Å². The molecule has 1 aromatic heterocycles. The number of amides is 1. The van der Waals surface area contributed by atoms with Crippen LogP contribution in [0.1, 0.15) is 18.5 Å². The third-order valence-corrected chi connectivity index (χ3v) is 5.19. The van der Waals surface area contributed by atoms with Gasteiger partial charge in [0.05, 0.1) is 23.2 Å². The van der Waals surface area contributed by atoms with Crippen LogP contribution in [-0.2, 0) is 9.53 Å². The Morgan fingerprint density at radius 1 is 1.21 bits per heavy atom. The molecule has 0 aliphatic carbocycles. The largest absolute Gasteiger partial charge is 0.383 e. The molecule has 1 N–H and O–H groups in total. The van der Waals surface area contributed by atoms with Gasteiger partial charge in [0.25, 0.3) is 5.56 Å². The number of carbonyl (C=O) groups is 1. The molecule has 152 valence electrons. The smallest absolute Gasteiger partial charge is 0.336 e. The number of rotatable bonds is 6. The molecule has 0 saturated carbocycles. The number of carbonyl (C=O) groups excluding carboxylic acids is 1. The van der Waals surface area contributed by atoms with Crippen LogP contribution in [0.3, 0.4) is 0 Å². The zero-order chi connectivity index (χ0) is 21.1. The zero-order valence-electron chi connectivity index (χ0n) is 16.4. The maximum absolute atomic E-state index is 13.4. The van der Waals surface area contributed by atoms with E-state index in [2.05, 4.69) is 5.32 Å². The molecule has 7 nitrogen and oxygen atoms in total. The predicted molar refractivity (Wildman–Crippen MR) is 113 cm³/mol. The summed E-state index contributed by atoms with van der Waals surface area (Å²) in [5.74, 6) is -0.346. The highest BCUT2D eigenvalue weighted by atomic mass is 35.5. The fourth-order valence-electron chi connectivity index (χ4n) is 3.15. The van der Waals surface area contributed by atoms with Crippen molar-refractivity contribution in [1.82, 2.24) is 14.5 Å². The molecule has 0 aliphatic rings. The number of aromatic nitrogens is 2. The number of fused-ring (bicyclic) bond motifs is 1. The maximum atomic E-state index is 13.4. The average Bonchev–Trinajstić information content (AvgIpc) is 2.70. The summed E-state index contributed by atoms with van der Waals surface area (Å²) in [5.41, 5.74) is 0.501. The molecule has 29 heavy (non-hydrogen) atoms. The maximum Gasteiger partial charge on any atom is 0.336 e. The van der Waals surface area contributed by atoms with E-state index < -0.39 is 17.3 Å². The van der Waals surface area contributed by atoms with E-state index in [0.29, 0.717) is 34.8 Å². The number of benzene rings is 2. The fourth-order valence-corrected chi connectivity index (χ4v) is 3.32. The third-order valence-electron chi connectivity index (χ3n) is 4.78. The van der Waals surface area contributed by atoms with Crippen LogP contribution in [-0.4, -0.2) is 35.3 Å². The quantitative estimate of drug-likeness (QED) is 0.627. The molecule has 2 aromatic carbocycles. The van der Waals surface area contributed by atoms with Gasteiger partial charge in [-0.25, -0.2) is 9.36 Å². The Bertz CT molecular complexity index is 1180. The molecule has 1 heterocycles. The lowest BCUT2D eigenvalue weighted by atomic mass is 10.2. The molecule has 8 heteroatoms. The summed E-state index contributed by atoms with van der Waals surface area (Å²) in [5, 5.41) is 3.51. The molecular formula is C21H22ClN3O4. The summed E-state index contributed by atoms with van der Waals surface area (Å²) < 4.78 is 7.32. The Hall–Kier alpha value is -2.90. The second kappa shape index (κ2) is 8.63. The summed E-state index contributed by atoms with van der Waals surface area (Å²) >= 11 is 6.21. The van der Waals surface area contributed by atoms with Gasteiger partial charge < -0.3 is 10.1 Å². The van der Waals surface area contributed by atoms with Gasteiger partial charge in [-0.05, 0) is 43.7 Å². The normalized spacial score (nSPS) is 12.1. The SMILES string of the molecule is COCCNC(=O)[C@@H](C)n1c(=O)n(-c2ccc(C)c(Cl)c2)c(=O)c2ccccc21. The summed E-state index contributed by atoms with van der Waals surface area (Å²) in [4.78, 5) is 39.1. The summed E-state index contributed by atoms with van der Waals surface area (Å²) in [6, 6.07) is 10.9. The average molecular weight is 416 g/mol. The van der Waals surface area contributed by atoms with Crippen LogP contribution in [0.15, 0.2) is 52.1 Å². The van der Waals surface area contributed by atoms with E-state index in [0.717, 1.165) is 10.1 Å². The minimum absolute atomic E-state index is 0.319. The Balaban J connectivity index is 2.24. The van der Waals surface area contributed by atoms with Gasteiger partial charge in [-0.2, -0.15) is 0 Å². The molecule has 0 saturated heterocycles. The number of aryl methyl sites for hydroxylation is 1. The second-order valence-corrected chi connectivity index (χ2v) is 7.11. The highest BCUT2D eigenvalue weighted by Crippen LogP contribution is 2.19. The lowest BCUT2D eigenvalue weighted by molar-refractivity contribution is -0.124. The number of nitrogens with one attached hydrogen (secondary N) is 1. The van der Waals surface area contributed by atoms with E-state index in [1.807, 2.05) is 6.92 Å². The molecule has 3 rings (SSSR count). The van der Waals surface area contributed by atoms with E-state index in [-0.39, 0.29) is 5.91 Å². The zero-order valence-corrected chi connectivity index (χ0v) is 17.2. The summed E-state index contributed by atoms with van der Waals surface area (Å²) in [6.07, 6.45) is 0. The van der Waals surface area contributed by atoms with Gasteiger partial charge in [0.15, 0.2) is 0 Å². The van der Waals surface area contributed by atoms with Crippen molar-refractivity contribution < 1.29 is 9.53 Å². The molecule has 0 unspecified atom stereocenters. The van der Waals surface area contributed by atoms with Crippen molar-refractivity contribution in [3.8, 4) is 5.69 Å². The van der Waals surface area contributed by atoms with Crippen LogP contribution in [0.2, 0.25) is 5.02 Å². The minimum atomic E-state index is -0.836. The van der Waals surface area contributed by atoms with Crippen LogP contribution in [0.25, 0.3) is 16.6 Å². The van der Waals surface area contributed by atoms with E-state index in [4.69, 9.17) is 16.3 Å².